The van der Waals surface area contributed by atoms with Crippen molar-refractivity contribution in [3.8, 4) is 0 Å². The predicted octanol–water partition coefficient (Wildman–Crippen LogP) is 4.15. The fourth-order valence-corrected chi connectivity index (χ4v) is 2.61. The van der Waals surface area contributed by atoms with Gasteiger partial charge in [0.2, 0.25) is 0 Å². The summed E-state index contributed by atoms with van der Waals surface area (Å²) in [7, 11) is 1.86. The zero-order valence-electron chi connectivity index (χ0n) is 11.5. The zero-order valence-corrected chi connectivity index (χ0v) is 12.3. The summed E-state index contributed by atoms with van der Waals surface area (Å²) in [4.78, 5) is 0. The Balaban J connectivity index is 1.83. The number of benzene rings is 2. The van der Waals surface area contributed by atoms with Crippen molar-refractivity contribution in [2.45, 2.75) is 13.5 Å². The van der Waals surface area contributed by atoms with Gasteiger partial charge in [0.15, 0.2) is 0 Å². The van der Waals surface area contributed by atoms with Gasteiger partial charge in [-0.25, -0.2) is 0 Å². The molecule has 0 radical (unpaired) electrons. The molecule has 0 spiro atoms. The molecule has 0 aliphatic carbocycles. The van der Waals surface area contributed by atoms with Crippen molar-refractivity contribution in [1.29, 1.82) is 0 Å². The van der Waals surface area contributed by atoms with E-state index in [4.69, 9.17) is 11.6 Å². The van der Waals surface area contributed by atoms with Crippen LogP contribution in [0.2, 0.25) is 5.15 Å². The molecule has 1 aromatic heterocycles. The van der Waals surface area contributed by atoms with Gasteiger partial charge in [0.1, 0.15) is 5.15 Å². The van der Waals surface area contributed by atoms with Crippen molar-refractivity contribution < 1.29 is 0 Å². The van der Waals surface area contributed by atoms with Gasteiger partial charge in [0.05, 0.1) is 5.69 Å². The summed E-state index contributed by atoms with van der Waals surface area (Å²) in [5.41, 5.74) is 3.09. The van der Waals surface area contributed by atoms with E-state index in [9.17, 15) is 0 Å². The molecule has 0 saturated carbocycles. The second kappa shape index (κ2) is 5.17. The summed E-state index contributed by atoms with van der Waals surface area (Å²) in [5, 5.41) is 10.9. The van der Waals surface area contributed by atoms with Gasteiger partial charge in [-0.05, 0) is 29.8 Å². The van der Waals surface area contributed by atoms with E-state index < -0.39 is 0 Å². The Morgan fingerprint density at radius 1 is 1.15 bits per heavy atom. The van der Waals surface area contributed by atoms with Crippen LogP contribution in [0.4, 0.5) is 5.69 Å². The highest BCUT2D eigenvalue weighted by Gasteiger charge is 2.10. The zero-order chi connectivity index (χ0) is 14.1. The minimum absolute atomic E-state index is 0.677. The monoisotopic (exact) mass is 285 g/mol. The maximum Gasteiger partial charge on any atom is 0.131 e. The number of aromatic nitrogens is 2. The van der Waals surface area contributed by atoms with E-state index in [0.29, 0.717) is 11.7 Å². The first-order chi connectivity index (χ1) is 9.65. The standard InChI is InChI=1S/C16H16ClN3/c1-11-15(16(17)20(2)19-11)10-18-14-8-7-12-5-3-4-6-13(12)9-14/h3-9,18H,10H2,1-2H3. The fourth-order valence-electron chi connectivity index (χ4n) is 2.36. The molecule has 1 N–H and O–H groups in total. The van der Waals surface area contributed by atoms with Crippen molar-refractivity contribution in [2.75, 3.05) is 5.32 Å². The van der Waals surface area contributed by atoms with E-state index >= 15 is 0 Å². The van der Waals surface area contributed by atoms with Crippen LogP contribution < -0.4 is 5.32 Å². The first-order valence-electron chi connectivity index (χ1n) is 6.56. The predicted molar refractivity (Wildman–Crippen MR) is 84.2 cm³/mol. The number of anilines is 1. The number of fused-ring (bicyclic) bond motifs is 1. The van der Waals surface area contributed by atoms with E-state index in [2.05, 4.69) is 40.7 Å². The van der Waals surface area contributed by atoms with Gasteiger partial charge in [-0.3, -0.25) is 4.68 Å². The van der Waals surface area contributed by atoms with E-state index in [-0.39, 0.29) is 0 Å². The molecule has 3 rings (SSSR count). The molecular formula is C16H16ClN3. The number of hydrogen-bond acceptors (Lipinski definition) is 2. The van der Waals surface area contributed by atoms with E-state index in [1.165, 1.54) is 10.8 Å². The summed E-state index contributed by atoms with van der Waals surface area (Å²) < 4.78 is 1.70. The largest absolute Gasteiger partial charge is 0.381 e. The van der Waals surface area contributed by atoms with Gasteiger partial charge in [-0.15, -0.1) is 0 Å². The lowest BCUT2D eigenvalue weighted by Gasteiger charge is -2.07. The molecular weight excluding hydrogens is 270 g/mol. The lowest BCUT2D eigenvalue weighted by atomic mass is 10.1. The van der Waals surface area contributed by atoms with Crippen LogP contribution in [0.1, 0.15) is 11.3 Å². The third-order valence-corrected chi connectivity index (χ3v) is 3.96. The van der Waals surface area contributed by atoms with Gasteiger partial charge in [-0.1, -0.05) is 41.9 Å². The van der Waals surface area contributed by atoms with E-state index in [1.807, 2.05) is 26.1 Å². The summed E-state index contributed by atoms with van der Waals surface area (Å²) in [6.07, 6.45) is 0. The molecule has 0 amide bonds. The van der Waals surface area contributed by atoms with Gasteiger partial charge >= 0.3 is 0 Å². The molecule has 102 valence electrons. The molecule has 0 saturated heterocycles. The van der Waals surface area contributed by atoms with Crippen molar-refractivity contribution >= 4 is 28.1 Å². The van der Waals surface area contributed by atoms with Gasteiger partial charge in [0, 0.05) is 24.8 Å². The molecule has 1 heterocycles. The summed E-state index contributed by atoms with van der Waals surface area (Å²) >= 11 is 6.24. The molecule has 0 bridgehead atoms. The Bertz CT molecular complexity index is 762. The Labute approximate surface area is 123 Å². The van der Waals surface area contributed by atoms with E-state index in [0.717, 1.165) is 16.9 Å². The van der Waals surface area contributed by atoms with Crippen molar-refractivity contribution in [2.24, 2.45) is 7.05 Å². The number of rotatable bonds is 3. The van der Waals surface area contributed by atoms with Crippen molar-refractivity contribution in [1.82, 2.24) is 9.78 Å². The molecule has 3 nitrogen and oxygen atoms in total. The molecule has 2 aromatic carbocycles. The van der Waals surface area contributed by atoms with Crippen LogP contribution >= 0.6 is 11.6 Å². The smallest absolute Gasteiger partial charge is 0.131 e. The molecule has 0 fully saturated rings. The van der Waals surface area contributed by atoms with Crippen LogP contribution in [0.5, 0.6) is 0 Å². The van der Waals surface area contributed by atoms with Crippen LogP contribution in [-0.4, -0.2) is 9.78 Å². The minimum atomic E-state index is 0.677. The minimum Gasteiger partial charge on any atom is -0.381 e. The summed E-state index contributed by atoms with van der Waals surface area (Å²) in [6.45, 7) is 2.65. The molecule has 0 atom stereocenters. The quantitative estimate of drug-likeness (QED) is 0.783. The van der Waals surface area contributed by atoms with Crippen molar-refractivity contribution in [3.05, 3.63) is 58.9 Å². The average Bonchev–Trinajstić information content (AvgIpc) is 2.70. The first-order valence-corrected chi connectivity index (χ1v) is 6.93. The normalized spacial score (nSPS) is 10.9. The highest BCUT2D eigenvalue weighted by Crippen LogP contribution is 2.22. The molecule has 0 aliphatic rings. The summed E-state index contributed by atoms with van der Waals surface area (Å²) in [5.74, 6) is 0. The summed E-state index contributed by atoms with van der Waals surface area (Å²) in [6, 6.07) is 14.7. The Hall–Kier alpha value is -2.00. The highest BCUT2D eigenvalue weighted by molar-refractivity contribution is 6.30. The van der Waals surface area contributed by atoms with Gasteiger partial charge < -0.3 is 5.32 Å². The number of nitrogens with zero attached hydrogens (tertiary/aromatic N) is 2. The lowest BCUT2D eigenvalue weighted by Crippen LogP contribution is -2.00. The lowest BCUT2D eigenvalue weighted by molar-refractivity contribution is 0.757. The van der Waals surface area contributed by atoms with Gasteiger partial charge in [0.25, 0.3) is 0 Å². The van der Waals surface area contributed by atoms with E-state index in [1.54, 1.807) is 4.68 Å². The van der Waals surface area contributed by atoms with Crippen molar-refractivity contribution in [3.63, 3.8) is 0 Å². The second-order valence-corrected chi connectivity index (χ2v) is 5.25. The van der Waals surface area contributed by atoms with Gasteiger partial charge in [-0.2, -0.15) is 5.10 Å². The number of halogens is 1. The second-order valence-electron chi connectivity index (χ2n) is 4.89. The number of nitrogens with one attached hydrogen (secondary N) is 1. The SMILES string of the molecule is Cc1nn(C)c(Cl)c1CNc1ccc2ccccc2c1. The molecule has 3 aromatic rings. The highest BCUT2D eigenvalue weighted by atomic mass is 35.5. The third kappa shape index (κ3) is 2.37. The maximum atomic E-state index is 6.24. The molecule has 0 aliphatic heterocycles. The van der Waals surface area contributed by atoms with Crippen LogP contribution in [0.25, 0.3) is 10.8 Å². The first kappa shape index (κ1) is 13.0. The Kier molecular flexibility index (Phi) is 3.36. The third-order valence-electron chi connectivity index (χ3n) is 3.49. The number of aryl methyl sites for hydroxylation is 2. The fraction of sp³-hybridized carbons (Fsp3) is 0.188. The Morgan fingerprint density at radius 3 is 2.60 bits per heavy atom. The average molecular weight is 286 g/mol. The number of hydrogen-bond donors (Lipinski definition) is 1. The molecule has 0 unspecified atom stereocenters. The molecule has 20 heavy (non-hydrogen) atoms. The maximum absolute atomic E-state index is 6.24. The van der Waals surface area contributed by atoms with Crippen LogP contribution in [-0.2, 0) is 13.6 Å². The molecule has 4 heteroatoms. The van der Waals surface area contributed by atoms with Crippen LogP contribution in [0.3, 0.4) is 0 Å². The Morgan fingerprint density at radius 2 is 1.90 bits per heavy atom. The topological polar surface area (TPSA) is 29.9 Å². The van der Waals surface area contributed by atoms with Crippen LogP contribution in [0, 0.1) is 6.92 Å². The van der Waals surface area contributed by atoms with Crippen LogP contribution in [0.15, 0.2) is 42.5 Å².